The molecule has 1 unspecified atom stereocenters. The van der Waals surface area contributed by atoms with Gasteiger partial charge < -0.3 is 5.32 Å². The Morgan fingerprint density at radius 2 is 2.16 bits per heavy atom. The van der Waals surface area contributed by atoms with E-state index in [1.165, 1.54) is 4.31 Å². The highest BCUT2D eigenvalue weighted by molar-refractivity contribution is 7.86. The third-order valence-corrected chi connectivity index (χ3v) is 5.42. The van der Waals surface area contributed by atoms with Gasteiger partial charge in [-0.2, -0.15) is 17.0 Å². The van der Waals surface area contributed by atoms with Gasteiger partial charge in [0, 0.05) is 38.8 Å². The van der Waals surface area contributed by atoms with Crippen LogP contribution in [0.4, 0.5) is 0 Å². The summed E-state index contributed by atoms with van der Waals surface area (Å²) < 4.78 is 28.0. The van der Waals surface area contributed by atoms with Crippen molar-refractivity contribution in [3.05, 3.63) is 12.7 Å². The Morgan fingerprint density at radius 3 is 2.74 bits per heavy atom. The monoisotopic (exact) mass is 289 g/mol. The van der Waals surface area contributed by atoms with Crippen molar-refractivity contribution in [3.63, 3.8) is 0 Å². The molecule has 19 heavy (non-hydrogen) atoms. The third kappa shape index (κ3) is 4.56. The Hall–Kier alpha value is -0.430. The van der Waals surface area contributed by atoms with Crippen LogP contribution in [0.1, 0.15) is 33.1 Å². The second-order valence-corrected chi connectivity index (χ2v) is 7.39. The molecule has 0 spiro atoms. The largest absolute Gasteiger partial charge is 0.313 e. The van der Waals surface area contributed by atoms with Crippen LogP contribution in [0, 0.1) is 0 Å². The Kier molecular flexibility index (Phi) is 6.46. The van der Waals surface area contributed by atoms with Gasteiger partial charge in [0.05, 0.1) is 0 Å². The Bertz CT molecular complexity index is 381. The molecular weight excluding hydrogens is 262 g/mol. The van der Waals surface area contributed by atoms with Crippen molar-refractivity contribution in [2.24, 2.45) is 0 Å². The molecule has 1 N–H and O–H groups in total. The highest BCUT2D eigenvalue weighted by atomic mass is 32.2. The molecule has 0 aliphatic carbocycles. The fourth-order valence-corrected chi connectivity index (χ4v) is 3.88. The maximum atomic E-state index is 12.5. The first-order valence-electron chi connectivity index (χ1n) is 6.97. The molecule has 0 aromatic heterocycles. The SMILES string of the molecule is C=CCN(C)S(=O)(=O)N1CCCCC1CNC(C)C. The van der Waals surface area contributed by atoms with Crippen LogP contribution in [0.2, 0.25) is 0 Å². The molecule has 112 valence electrons. The molecule has 1 aliphatic rings. The van der Waals surface area contributed by atoms with Crippen molar-refractivity contribution < 1.29 is 8.42 Å². The van der Waals surface area contributed by atoms with E-state index in [2.05, 4.69) is 25.7 Å². The van der Waals surface area contributed by atoms with Gasteiger partial charge in [0.1, 0.15) is 0 Å². The smallest absolute Gasteiger partial charge is 0.282 e. The van der Waals surface area contributed by atoms with E-state index in [4.69, 9.17) is 0 Å². The number of likely N-dealkylation sites (N-methyl/N-ethyl adjacent to an activating group) is 1. The first-order valence-corrected chi connectivity index (χ1v) is 8.36. The van der Waals surface area contributed by atoms with Crippen LogP contribution in [0.3, 0.4) is 0 Å². The predicted octanol–water partition coefficient (Wildman–Crippen LogP) is 1.20. The van der Waals surface area contributed by atoms with Crippen LogP contribution in [-0.2, 0) is 10.2 Å². The Balaban J connectivity index is 2.77. The first-order chi connectivity index (χ1) is 8.89. The second kappa shape index (κ2) is 7.38. The van der Waals surface area contributed by atoms with Gasteiger partial charge in [-0.05, 0) is 12.8 Å². The average molecular weight is 289 g/mol. The molecule has 0 saturated carbocycles. The summed E-state index contributed by atoms with van der Waals surface area (Å²) in [6, 6.07) is 0.436. The maximum Gasteiger partial charge on any atom is 0.282 e. The molecule has 0 bridgehead atoms. The summed E-state index contributed by atoms with van der Waals surface area (Å²) in [4.78, 5) is 0. The fourth-order valence-electron chi connectivity index (χ4n) is 2.31. The van der Waals surface area contributed by atoms with Gasteiger partial charge in [-0.3, -0.25) is 0 Å². The number of nitrogens with one attached hydrogen (secondary N) is 1. The standard InChI is InChI=1S/C13H27N3O2S/c1-5-9-15(4)19(17,18)16-10-7-6-8-13(16)11-14-12(2)3/h5,12-14H,1,6-11H2,2-4H3. The third-order valence-electron chi connectivity index (χ3n) is 3.41. The molecule has 1 heterocycles. The van der Waals surface area contributed by atoms with E-state index in [0.717, 1.165) is 25.8 Å². The molecule has 1 fully saturated rings. The van der Waals surface area contributed by atoms with E-state index in [1.54, 1.807) is 17.4 Å². The summed E-state index contributed by atoms with van der Waals surface area (Å²) in [5, 5.41) is 3.34. The highest BCUT2D eigenvalue weighted by Gasteiger charge is 2.34. The number of hydrogen-bond donors (Lipinski definition) is 1. The van der Waals surface area contributed by atoms with Crippen LogP contribution in [0.15, 0.2) is 12.7 Å². The van der Waals surface area contributed by atoms with Crippen LogP contribution >= 0.6 is 0 Å². The molecule has 0 radical (unpaired) electrons. The molecule has 1 rings (SSSR count). The molecule has 1 atom stereocenters. The molecular formula is C13H27N3O2S. The lowest BCUT2D eigenvalue weighted by atomic mass is 10.0. The van der Waals surface area contributed by atoms with Gasteiger partial charge in [-0.15, -0.1) is 6.58 Å². The van der Waals surface area contributed by atoms with Crippen molar-refractivity contribution in [1.29, 1.82) is 0 Å². The maximum absolute atomic E-state index is 12.5. The van der Waals surface area contributed by atoms with Crippen molar-refractivity contribution in [2.75, 3.05) is 26.7 Å². The van der Waals surface area contributed by atoms with E-state index < -0.39 is 10.2 Å². The van der Waals surface area contributed by atoms with Crippen LogP contribution in [0.25, 0.3) is 0 Å². The van der Waals surface area contributed by atoms with E-state index in [-0.39, 0.29) is 6.04 Å². The van der Waals surface area contributed by atoms with Crippen molar-refractivity contribution in [3.8, 4) is 0 Å². The van der Waals surface area contributed by atoms with Crippen molar-refractivity contribution in [2.45, 2.75) is 45.2 Å². The lowest BCUT2D eigenvalue weighted by Crippen LogP contribution is -2.53. The lowest BCUT2D eigenvalue weighted by Gasteiger charge is -2.37. The Morgan fingerprint density at radius 1 is 1.47 bits per heavy atom. The summed E-state index contributed by atoms with van der Waals surface area (Å²) in [5.41, 5.74) is 0. The van der Waals surface area contributed by atoms with E-state index >= 15 is 0 Å². The highest BCUT2D eigenvalue weighted by Crippen LogP contribution is 2.21. The van der Waals surface area contributed by atoms with Gasteiger partial charge in [0.2, 0.25) is 0 Å². The number of piperidine rings is 1. The minimum atomic E-state index is -3.37. The van der Waals surface area contributed by atoms with Crippen LogP contribution in [0.5, 0.6) is 0 Å². The lowest BCUT2D eigenvalue weighted by molar-refractivity contribution is 0.229. The zero-order valence-corrected chi connectivity index (χ0v) is 13.1. The molecule has 1 aliphatic heterocycles. The molecule has 1 saturated heterocycles. The van der Waals surface area contributed by atoms with Gasteiger partial charge >= 0.3 is 0 Å². The minimum absolute atomic E-state index is 0.0633. The Labute approximate surface area is 117 Å². The van der Waals surface area contributed by atoms with E-state index in [0.29, 0.717) is 19.1 Å². The number of rotatable bonds is 7. The van der Waals surface area contributed by atoms with Crippen molar-refractivity contribution in [1.82, 2.24) is 13.9 Å². The number of nitrogens with zero attached hydrogens (tertiary/aromatic N) is 2. The minimum Gasteiger partial charge on any atom is -0.313 e. The topological polar surface area (TPSA) is 52.7 Å². The van der Waals surface area contributed by atoms with Gasteiger partial charge in [-0.1, -0.05) is 26.3 Å². The van der Waals surface area contributed by atoms with Crippen LogP contribution in [-0.4, -0.2) is 55.8 Å². The normalized spacial score (nSPS) is 22.1. The molecule has 0 aromatic rings. The van der Waals surface area contributed by atoms with Gasteiger partial charge in [0.25, 0.3) is 10.2 Å². The molecule has 5 nitrogen and oxygen atoms in total. The number of hydrogen-bond acceptors (Lipinski definition) is 3. The first kappa shape index (κ1) is 16.6. The summed E-state index contributed by atoms with van der Waals surface area (Å²) in [6.45, 7) is 9.44. The van der Waals surface area contributed by atoms with E-state index in [1.807, 2.05) is 0 Å². The molecule has 6 heteroatoms. The van der Waals surface area contributed by atoms with Crippen LogP contribution < -0.4 is 5.32 Å². The summed E-state index contributed by atoms with van der Waals surface area (Å²) >= 11 is 0. The summed E-state index contributed by atoms with van der Waals surface area (Å²) in [7, 11) is -1.76. The van der Waals surface area contributed by atoms with Gasteiger partial charge in [0.15, 0.2) is 0 Å². The van der Waals surface area contributed by atoms with Gasteiger partial charge in [-0.25, -0.2) is 0 Å². The fraction of sp³-hybridized carbons (Fsp3) is 0.846. The quantitative estimate of drug-likeness (QED) is 0.717. The second-order valence-electron chi connectivity index (χ2n) is 5.40. The summed E-state index contributed by atoms with van der Waals surface area (Å²) in [5.74, 6) is 0. The zero-order valence-electron chi connectivity index (χ0n) is 12.3. The average Bonchev–Trinajstić information content (AvgIpc) is 2.37. The predicted molar refractivity (Wildman–Crippen MR) is 79.2 cm³/mol. The van der Waals surface area contributed by atoms with Crippen molar-refractivity contribution >= 4 is 10.2 Å². The molecule has 0 amide bonds. The summed E-state index contributed by atoms with van der Waals surface area (Å²) in [6.07, 6.45) is 4.59. The zero-order chi connectivity index (χ0) is 14.5. The van der Waals surface area contributed by atoms with E-state index in [9.17, 15) is 8.42 Å². The molecule has 0 aromatic carbocycles.